The molecular weight excluding hydrogens is 212 g/mol. The van der Waals surface area contributed by atoms with Gasteiger partial charge in [0.15, 0.2) is 0 Å². The van der Waals surface area contributed by atoms with Crippen LogP contribution in [0.2, 0.25) is 0 Å². The average molecular weight is 228 g/mol. The average Bonchev–Trinajstić information content (AvgIpc) is 2.14. The summed E-state index contributed by atoms with van der Waals surface area (Å²) in [6.45, 7) is 4.88. The number of rotatable bonds is 7. The molecule has 90 valence electrons. The molecule has 0 aliphatic heterocycles. The highest BCUT2D eigenvalue weighted by molar-refractivity contribution is 5.94. The number of carboxylic acid groups (broad SMARTS) is 1. The minimum absolute atomic E-state index is 0.104. The van der Waals surface area contributed by atoms with Gasteiger partial charge in [-0.25, -0.2) is 4.79 Å². The van der Waals surface area contributed by atoms with Crippen molar-refractivity contribution in [2.75, 3.05) is 0 Å². The summed E-state index contributed by atoms with van der Waals surface area (Å²) in [5.41, 5.74) is 5.15. The van der Waals surface area contributed by atoms with Gasteiger partial charge in [0.25, 0.3) is 0 Å². The van der Waals surface area contributed by atoms with Gasteiger partial charge in [-0.05, 0) is 19.8 Å². The third kappa shape index (κ3) is 5.79. The number of hydrogen-bond donors (Lipinski definition) is 3. The molecule has 6 nitrogen and oxygen atoms in total. The molecule has 6 heteroatoms. The molecule has 2 amide bonds. The van der Waals surface area contributed by atoms with Gasteiger partial charge in [0.1, 0.15) is 6.04 Å². The number of carbonyl (C=O) groups excluding carboxylic acids is 2. The van der Waals surface area contributed by atoms with E-state index in [0.717, 1.165) is 0 Å². The van der Waals surface area contributed by atoms with Crippen LogP contribution in [-0.4, -0.2) is 28.9 Å². The molecule has 0 aromatic carbocycles. The number of nitrogens with one attached hydrogen (secondary N) is 1. The van der Waals surface area contributed by atoms with Crippen LogP contribution in [0, 0.1) is 0 Å². The van der Waals surface area contributed by atoms with Crippen molar-refractivity contribution in [2.45, 2.75) is 32.2 Å². The molecule has 0 aromatic heterocycles. The number of amides is 2. The fourth-order valence-corrected chi connectivity index (χ4v) is 1.02. The summed E-state index contributed by atoms with van der Waals surface area (Å²) >= 11 is 0. The highest BCUT2D eigenvalue weighted by Crippen LogP contribution is 2.02. The Hall–Kier alpha value is -1.85. The molecule has 0 heterocycles. The van der Waals surface area contributed by atoms with Crippen molar-refractivity contribution in [1.29, 1.82) is 0 Å². The van der Waals surface area contributed by atoms with Crippen molar-refractivity contribution in [2.24, 2.45) is 5.73 Å². The fraction of sp³-hybridized carbons (Fsp3) is 0.500. The Morgan fingerprint density at radius 2 is 2.00 bits per heavy atom. The topological polar surface area (TPSA) is 109 Å². The van der Waals surface area contributed by atoms with Crippen LogP contribution in [0.1, 0.15) is 26.2 Å². The summed E-state index contributed by atoms with van der Waals surface area (Å²) in [4.78, 5) is 32.4. The molecular formula is C10H16N2O4. The molecule has 16 heavy (non-hydrogen) atoms. The maximum Gasteiger partial charge on any atom is 0.326 e. The van der Waals surface area contributed by atoms with Gasteiger partial charge >= 0.3 is 5.97 Å². The van der Waals surface area contributed by atoms with E-state index >= 15 is 0 Å². The Morgan fingerprint density at radius 1 is 1.44 bits per heavy atom. The first kappa shape index (κ1) is 14.2. The minimum Gasteiger partial charge on any atom is -0.480 e. The Kier molecular flexibility index (Phi) is 5.84. The van der Waals surface area contributed by atoms with Crippen molar-refractivity contribution in [3.05, 3.63) is 12.2 Å². The van der Waals surface area contributed by atoms with E-state index in [-0.39, 0.29) is 18.4 Å². The van der Waals surface area contributed by atoms with Gasteiger partial charge in [-0.3, -0.25) is 9.59 Å². The van der Waals surface area contributed by atoms with E-state index < -0.39 is 23.8 Å². The maximum absolute atomic E-state index is 11.2. The number of carboxylic acids is 1. The molecule has 0 aromatic rings. The van der Waals surface area contributed by atoms with Gasteiger partial charge in [-0.15, -0.1) is 0 Å². The SMILES string of the molecule is C=C(C)C(=O)NC(CCCC(N)=O)C(=O)O. The van der Waals surface area contributed by atoms with E-state index in [1.165, 1.54) is 6.92 Å². The number of carbonyl (C=O) groups is 3. The van der Waals surface area contributed by atoms with Crippen LogP contribution in [-0.2, 0) is 14.4 Å². The Balaban J connectivity index is 4.18. The summed E-state index contributed by atoms with van der Waals surface area (Å²) in [7, 11) is 0. The van der Waals surface area contributed by atoms with Crippen molar-refractivity contribution >= 4 is 17.8 Å². The third-order valence-corrected chi connectivity index (χ3v) is 1.91. The monoisotopic (exact) mass is 228 g/mol. The summed E-state index contributed by atoms with van der Waals surface area (Å²) in [5.74, 6) is -2.14. The van der Waals surface area contributed by atoms with Gasteiger partial charge < -0.3 is 16.2 Å². The Bertz CT molecular complexity index is 312. The molecule has 1 atom stereocenters. The molecule has 0 bridgehead atoms. The second kappa shape index (κ2) is 6.60. The van der Waals surface area contributed by atoms with Crippen molar-refractivity contribution in [1.82, 2.24) is 5.32 Å². The van der Waals surface area contributed by atoms with Crippen LogP contribution >= 0.6 is 0 Å². The lowest BCUT2D eigenvalue weighted by Gasteiger charge is -2.13. The quantitative estimate of drug-likeness (QED) is 0.523. The van der Waals surface area contributed by atoms with Gasteiger partial charge in [0, 0.05) is 12.0 Å². The van der Waals surface area contributed by atoms with Crippen molar-refractivity contribution in [3.63, 3.8) is 0 Å². The number of primary amides is 1. The predicted octanol–water partition coefficient (Wildman–Crippen LogP) is -0.212. The van der Waals surface area contributed by atoms with Crippen LogP contribution in [0.5, 0.6) is 0 Å². The smallest absolute Gasteiger partial charge is 0.326 e. The standard InChI is InChI=1S/C10H16N2O4/c1-6(2)9(14)12-7(10(15)16)4-3-5-8(11)13/h7H,1,3-5H2,2H3,(H2,11,13)(H,12,14)(H,15,16). The normalized spacial score (nSPS) is 11.6. The van der Waals surface area contributed by atoms with Crippen LogP contribution in [0.3, 0.4) is 0 Å². The van der Waals surface area contributed by atoms with E-state index in [4.69, 9.17) is 10.8 Å². The van der Waals surface area contributed by atoms with E-state index in [9.17, 15) is 14.4 Å². The van der Waals surface area contributed by atoms with Crippen LogP contribution < -0.4 is 11.1 Å². The number of aliphatic carboxylic acids is 1. The molecule has 0 rings (SSSR count). The molecule has 0 fully saturated rings. The lowest BCUT2D eigenvalue weighted by Crippen LogP contribution is -2.41. The molecule has 0 spiro atoms. The summed E-state index contributed by atoms with van der Waals surface area (Å²) in [6, 6.07) is -1.01. The van der Waals surface area contributed by atoms with Gasteiger partial charge in [0.05, 0.1) is 0 Å². The van der Waals surface area contributed by atoms with Crippen LogP contribution in [0.15, 0.2) is 12.2 Å². The van der Waals surface area contributed by atoms with E-state index in [1.807, 2.05) is 0 Å². The van der Waals surface area contributed by atoms with Gasteiger partial charge in [0.2, 0.25) is 11.8 Å². The largest absolute Gasteiger partial charge is 0.480 e. The Morgan fingerprint density at radius 3 is 2.38 bits per heavy atom. The fourth-order valence-electron chi connectivity index (χ4n) is 1.02. The molecule has 0 aliphatic carbocycles. The minimum atomic E-state index is -1.14. The lowest BCUT2D eigenvalue weighted by atomic mass is 10.1. The zero-order valence-corrected chi connectivity index (χ0v) is 9.16. The highest BCUT2D eigenvalue weighted by atomic mass is 16.4. The van der Waals surface area contributed by atoms with Crippen LogP contribution in [0.4, 0.5) is 0 Å². The van der Waals surface area contributed by atoms with Gasteiger partial charge in [-0.2, -0.15) is 0 Å². The number of nitrogens with two attached hydrogens (primary N) is 1. The summed E-state index contributed by atoms with van der Waals surface area (Å²) in [6.07, 6.45) is 0.590. The molecule has 0 saturated carbocycles. The van der Waals surface area contributed by atoms with E-state index in [1.54, 1.807) is 0 Å². The van der Waals surface area contributed by atoms with Crippen molar-refractivity contribution in [3.8, 4) is 0 Å². The van der Waals surface area contributed by atoms with Crippen molar-refractivity contribution < 1.29 is 19.5 Å². The molecule has 1 unspecified atom stereocenters. The molecule has 0 saturated heterocycles. The predicted molar refractivity (Wildman–Crippen MR) is 57.4 cm³/mol. The first-order chi connectivity index (χ1) is 7.34. The summed E-state index contributed by atoms with van der Waals surface area (Å²) in [5, 5.41) is 11.1. The zero-order chi connectivity index (χ0) is 12.7. The number of hydrogen-bond acceptors (Lipinski definition) is 3. The molecule has 0 aliphatic rings. The molecule has 0 radical (unpaired) electrons. The lowest BCUT2D eigenvalue weighted by molar-refractivity contribution is -0.141. The van der Waals surface area contributed by atoms with Gasteiger partial charge in [-0.1, -0.05) is 6.58 Å². The summed E-state index contributed by atoms with van der Waals surface area (Å²) < 4.78 is 0. The third-order valence-electron chi connectivity index (χ3n) is 1.91. The highest BCUT2D eigenvalue weighted by Gasteiger charge is 2.19. The molecule has 4 N–H and O–H groups in total. The van der Waals surface area contributed by atoms with Crippen LogP contribution in [0.25, 0.3) is 0 Å². The maximum atomic E-state index is 11.2. The first-order valence-electron chi connectivity index (χ1n) is 4.82. The van der Waals surface area contributed by atoms with E-state index in [0.29, 0.717) is 6.42 Å². The van der Waals surface area contributed by atoms with E-state index in [2.05, 4.69) is 11.9 Å². The second-order valence-corrected chi connectivity index (χ2v) is 3.50. The first-order valence-corrected chi connectivity index (χ1v) is 4.82. The Labute approximate surface area is 93.5 Å². The zero-order valence-electron chi connectivity index (χ0n) is 9.16. The second-order valence-electron chi connectivity index (χ2n) is 3.50.